The molecule has 1 atom stereocenters. The Morgan fingerprint density at radius 2 is 2.10 bits per heavy atom. The van der Waals surface area contributed by atoms with E-state index >= 15 is 0 Å². The fraction of sp³-hybridized carbons (Fsp3) is 0.312. The van der Waals surface area contributed by atoms with E-state index in [0.717, 1.165) is 16.3 Å². The molecular weight excluding hydrogens is 254 g/mol. The summed E-state index contributed by atoms with van der Waals surface area (Å²) in [6.07, 6.45) is 0.249. The fourth-order valence-corrected chi connectivity index (χ4v) is 2.64. The number of likely N-dealkylation sites (N-methyl/N-ethyl adjacent to an activating group) is 1. The zero-order valence-corrected chi connectivity index (χ0v) is 11.4. The first kappa shape index (κ1) is 12.9. The average molecular weight is 271 g/mol. The molecule has 0 aromatic heterocycles. The Morgan fingerprint density at radius 3 is 2.80 bits per heavy atom. The van der Waals surface area contributed by atoms with Crippen LogP contribution < -0.4 is 4.74 Å². The molecule has 1 fully saturated rings. The number of benzene rings is 2. The number of fused-ring (bicyclic) bond motifs is 1. The highest BCUT2D eigenvalue weighted by Gasteiger charge is 2.31. The molecule has 0 aliphatic carbocycles. The fourth-order valence-electron chi connectivity index (χ4n) is 2.64. The third-order valence-electron chi connectivity index (χ3n) is 3.80. The van der Waals surface area contributed by atoms with Gasteiger partial charge in [-0.2, -0.15) is 0 Å². The summed E-state index contributed by atoms with van der Waals surface area (Å²) in [5.41, 5.74) is 0.741. The van der Waals surface area contributed by atoms with Gasteiger partial charge in [-0.3, -0.25) is 4.79 Å². The van der Waals surface area contributed by atoms with Gasteiger partial charge in [-0.15, -0.1) is 0 Å². The molecule has 1 aliphatic heterocycles. The third-order valence-corrected chi connectivity index (χ3v) is 3.80. The number of hydrogen-bond donors (Lipinski definition) is 1. The van der Waals surface area contributed by atoms with Crippen molar-refractivity contribution < 1.29 is 14.6 Å². The number of aliphatic hydroxyl groups excluding tert-OH is 1. The molecule has 1 saturated heterocycles. The van der Waals surface area contributed by atoms with Crippen LogP contribution in [0.1, 0.15) is 12.0 Å². The summed E-state index contributed by atoms with van der Waals surface area (Å²) in [5, 5.41) is 11.7. The number of likely N-dealkylation sites (tertiary alicyclic amines) is 1. The van der Waals surface area contributed by atoms with E-state index in [1.54, 1.807) is 11.9 Å². The molecule has 2 aromatic carbocycles. The van der Waals surface area contributed by atoms with Crippen molar-refractivity contribution >= 4 is 16.7 Å². The van der Waals surface area contributed by atoms with E-state index in [2.05, 4.69) is 0 Å². The van der Waals surface area contributed by atoms with Crippen molar-refractivity contribution in [3.05, 3.63) is 42.0 Å². The van der Waals surface area contributed by atoms with E-state index in [0.29, 0.717) is 18.7 Å². The van der Waals surface area contributed by atoms with E-state index < -0.39 is 6.10 Å². The molecule has 0 spiro atoms. The molecule has 104 valence electrons. The predicted molar refractivity (Wildman–Crippen MR) is 76.5 cm³/mol. The van der Waals surface area contributed by atoms with Crippen LogP contribution >= 0.6 is 0 Å². The maximum atomic E-state index is 11.9. The van der Waals surface area contributed by atoms with Gasteiger partial charge < -0.3 is 14.7 Å². The van der Waals surface area contributed by atoms with Crippen LogP contribution in [0.2, 0.25) is 0 Å². The van der Waals surface area contributed by atoms with E-state index in [1.165, 1.54) is 0 Å². The molecule has 3 rings (SSSR count). The second-order valence-corrected chi connectivity index (χ2v) is 5.08. The van der Waals surface area contributed by atoms with Crippen LogP contribution in [-0.4, -0.2) is 35.6 Å². The minimum atomic E-state index is -0.438. The summed E-state index contributed by atoms with van der Waals surface area (Å²) < 4.78 is 5.84. The minimum absolute atomic E-state index is 0.00190. The van der Waals surface area contributed by atoms with Gasteiger partial charge in [-0.05, 0) is 16.8 Å². The van der Waals surface area contributed by atoms with Crippen LogP contribution in [0.25, 0.3) is 10.8 Å². The van der Waals surface area contributed by atoms with Gasteiger partial charge in [0.05, 0.1) is 6.61 Å². The lowest BCUT2D eigenvalue weighted by atomic mass is 10.0. The lowest BCUT2D eigenvalue weighted by Crippen LogP contribution is -2.29. The normalized spacial score (nSPS) is 18.8. The predicted octanol–water partition coefficient (Wildman–Crippen LogP) is 1.94. The molecule has 4 nitrogen and oxygen atoms in total. The van der Waals surface area contributed by atoms with Gasteiger partial charge in [0.1, 0.15) is 5.75 Å². The summed E-state index contributed by atoms with van der Waals surface area (Å²) in [5.74, 6) is 0.599. The Bertz CT molecular complexity index is 653. The quantitative estimate of drug-likeness (QED) is 0.928. The van der Waals surface area contributed by atoms with E-state index in [4.69, 9.17) is 4.74 Å². The van der Waals surface area contributed by atoms with Crippen molar-refractivity contribution in [2.45, 2.75) is 19.1 Å². The smallest absolute Gasteiger partial charge is 0.263 e. The molecule has 0 bridgehead atoms. The maximum absolute atomic E-state index is 11.9. The molecule has 0 radical (unpaired) electrons. The highest BCUT2D eigenvalue weighted by atomic mass is 16.5. The van der Waals surface area contributed by atoms with Crippen LogP contribution in [0.4, 0.5) is 0 Å². The molecule has 1 amide bonds. The molecule has 1 heterocycles. The van der Waals surface area contributed by atoms with Crippen molar-refractivity contribution in [3.63, 3.8) is 0 Å². The van der Waals surface area contributed by atoms with Gasteiger partial charge in [-0.1, -0.05) is 30.3 Å². The summed E-state index contributed by atoms with van der Waals surface area (Å²) in [7, 11) is 1.78. The van der Waals surface area contributed by atoms with Gasteiger partial charge in [-0.25, -0.2) is 0 Å². The number of ether oxygens (including phenoxy) is 1. The van der Waals surface area contributed by atoms with Crippen LogP contribution in [0, 0.1) is 0 Å². The zero-order valence-electron chi connectivity index (χ0n) is 11.4. The Morgan fingerprint density at radius 1 is 1.30 bits per heavy atom. The lowest BCUT2D eigenvalue weighted by Gasteiger charge is -2.16. The molecular formula is C16H17NO3. The first-order valence-electron chi connectivity index (χ1n) is 6.74. The second-order valence-electron chi connectivity index (χ2n) is 5.08. The van der Waals surface area contributed by atoms with Gasteiger partial charge in [0.25, 0.3) is 5.91 Å². The number of nitrogens with zero attached hydrogens (tertiary/aromatic N) is 1. The SMILES string of the molecule is CN1CCC(Oc2ccc3ccccc3c2CO)C1=O. The molecule has 1 aliphatic rings. The lowest BCUT2D eigenvalue weighted by molar-refractivity contribution is -0.132. The van der Waals surface area contributed by atoms with Crippen LogP contribution in [0.15, 0.2) is 36.4 Å². The van der Waals surface area contributed by atoms with Crippen LogP contribution in [0.3, 0.4) is 0 Å². The number of amides is 1. The van der Waals surface area contributed by atoms with Gasteiger partial charge in [0.2, 0.25) is 0 Å². The standard InChI is InChI=1S/C16H17NO3/c1-17-9-8-15(16(17)19)20-14-7-6-11-4-2-3-5-12(11)13(14)10-18/h2-7,15,18H,8-10H2,1H3. The van der Waals surface area contributed by atoms with Crippen LogP contribution in [-0.2, 0) is 11.4 Å². The first-order valence-corrected chi connectivity index (χ1v) is 6.74. The van der Waals surface area contributed by atoms with Crippen molar-refractivity contribution in [1.29, 1.82) is 0 Å². The highest BCUT2D eigenvalue weighted by molar-refractivity contribution is 5.88. The number of rotatable bonds is 3. The Labute approximate surface area is 117 Å². The molecule has 2 aromatic rings. The molecule has 1 unspecified atom stereocenters. The van der Waals surface area contributed by atoms with Crippen molar-refractivity contribution in [1.82, 2.24) is 4.90 Å². The monoisotopic (exact) mass is 271 g/mol. The minimum Gasteiger partial charge on any atom is -0.480 e. The highest BCUT2D eigenvalue weighted by Crippen LogP contribution is 2.30. The van der Waals surface area contributed by atoms with E-state index in [9.17, 15) is 9.90 Å². The van der Waals surface area contributed by atoms with Gasteiger partial charge >= 0.3 is 0 Å². The van der Waals surface area contributed by atoms with Crippen molar-refractivity contribution in [3.8, 4) is 5.75 Å². The second kappa shape index (κ2) is 5.13. The summed E-state index contributed by atoms with van der Waals surface area (Å²) >= 11 is 0. The summed E-state index contributed by atoms with van der Waals surface area (Å²) in [6, 6.07) is 11.6. The number of carbonyl (C=O) groups is 1. The number of hydrogen-bond acceptors (Lipinski definition) is 3. The Balaban J connectivity index is 1.97. The Kier molecular flexibility index (Phi) is 3.32. The summed E-state index contributed by atoms with van der Waals surface area (Å²) in [6.45, 7) is 0.610. The van der Waals surface area contributed by atoms with E-state index in [1.807, 2.05) is 36.4 Å². The van der Waals surface area contributed by atoms with Gasteiger partial charge in [0.15, 0.2) is 6.10 Å². The number of aliphatic hydroxyl groups is 1. The molecule has 20 heavy (non-hydrogen) atoms. The Hall–Kier alpha value is -2.07. The topological polar surface area (TPSA) is 49.8 Å². The third kappa shape index (κ3) is 2.12. The maximum Gasteiger partial charge on any atom is 0.263 e. The molecule has 4 heteroatoms. The van der Waals surface area contributed by atoms with Crippen molar-refractivity contribution in [2.24, 2.45) is 0 Å². The van der Waals surface area contributed by atoms with E-state index in [-0.39, 0.29) is 12.5 Å². The average Bonchev–Trinajstić information content (AvgIpc) is 2.79. The summed E-state index contributed by atoms with van der Waals surface area (Å²) in [4.78, 5) is 13.6. The molecule has 1 N–H and O–H groups in total. The van der Waals surface area contributed by atoms with Crippen molar-refractivity contribution in [2.75, 3.05) is 13.6 Å². The first-order chi connectivity index (χ1) is 9.70. The molecule has 0 saturated carbocycles. The van der Waals surface area contributed by atoms with Crippen LogP contribution in [0.5, 0.6) is 5.75 Å². The van der Waals surface area contributed by atoms with Gasteiger partial charge in [0, 0.05) is 25.6 Å². The largest absolute Gasteiger partial charge is 0.480 e. The number of carbonyl (C=O) groups excluding carboxylic acids is 1. The zero-order chi connectivity index (χ0) is 14.1.